The largest absolute Gasteiger partial charge is 0.332 e. The van der Waals surface area contributed by atoms with E-state index in [1.807, 2.05) is 42.5 Å². The number of thiocarbonyl (C=S) groups is 1. The van der Waals surface area contributed by atoms with Crippen molar-refractivity contribution in [3.8, 4) is 0 Å². The number of hydrogen-bond acceptors (Lipinski definition) is 2. The highest BCUT2D eigenvalue weighted by Gasteiger charge is 2.12. The third-order valence-electron chi connectivity index (χ3n) is 3.44. The van der Waals surface area contributed by atoms with E-state index in [0.717, 1.165) is 16.5 Å². The van der Waals surface area contributed by atoms with E-state index in [-0.39, 0.29) is 10.1 Å². The van der Waals surface area contributed by atoms with Crippen molar-refractivity contribution < 1.29 is 4.79 Å². The molecule has 3 nitrogen and oxygen atoms in total. The fourth-order valence-corrected chi connectivity index (χ4v) is 3.03. The average Bonchev–Trinajstić information content (AvgIpc) is 2.55. The lowest BCUT2D eigenvalue weighted by atomic mass is 10.1. The molecule has 120 valence electrons. The Kier molecular flexibility index (Phi) is 5.00. The molecule has 1 amide bonds. The molecular formula is C18H12Cl2N2OS. The second-order valence-corrected chi connectivity index (χ2v) is 6.31. The highest BCUT2D eigenvalue weighted by molar-refractivity contribution is 7.80. The summed E-state index contributed by atoms with van der Waals surface area (Å²) in [6.45, 7) is 0. The minimum atomic E-state index is -0.394. The lowest BCUT2D eigenvalue weighted by Gasteiger charge is -2.12. The fraction of sp³-hybridized carbons (Fsp3) is 0. The minimum Gasteiger partial charge on any atom is -0.332 e. The van der Waals surface area contributed by atoms with Crippen molar-refractivity contribution in [3.05, 3.63) is 76.3 Å². The van der Waals surface area contributed by atoms with E-state index in [9.17, 15) is 4.79 Å². The molecule has 2 N–H and O–H groups in total. The van der Waals surface area contributed by atoms with Crippen molar-refractivity contribution >= 4 is 62.9 Å². The molecule has 0 saturated carbocycles. The van der Waals surface area contributed by atoms with Gasteiger partial charge < -0.3 is 5.32 Å². The molecule has 0 spiro atoms. The van der Waals surface area contributed by atoms with Crippen LogP contribution in [-0.4, -0.2) is 11.0 Å². The van der Waals surface area contributed by atoms with E-state index < -0.39 is 5.91 Å². The third kappa shape index (κ3) is 3.67. The number of carbonyl (C=O) groups is 1. The summed E-state index contributed by atoms with van der Waals surface area (Å²) in [7, 11) is 0. The first-order valence-electron chi connectivity index (χ1n) is 7.10. The Labute approximate surface area is 154 Å². The highest BCUT2D eigenvalue weighted by atomic mass is 35.5. The molecule has 0 bridgehead atoms. The summed E-state index contributed by atoms with van der Waals surface area (Å²) in [5.41, 5.74) is 1.13. The van der Waals surface area contributed by atoms with Crippen molar-refractivity contribution in [2.75, 3.05) is 5.32 Å². The second-order valence-electron chi connectivity index (χ2n) is 5.06. The van der Waals surface area contributed by atoms with Crippen molar-refractivity contribution in [2.24, 2.45) is 0 Å². The number of amides is 1. The van der Waals surface area contributed by atoms with Gasteiger partial charge in [-0.25, -0.2) is 0 Å². The van der Waals surface area contributed by atoms with Crippen LogP contribution in [-0.2, 0) is 0 Å². The number of hydrogen-bond donors (Lipinski definition) is 2. The number of benzene rings is 3. The van der Waals surface area contributed by atoms with Crippen LogP contribution in [0.25, 0.3) is 10.8 Å². The summed E-state index contributed by atoms with van der Waals surface area (Å²) in [5.74, 6) is -0.394. The first-order valence-corrected chi connectivity index (χ1v) is 8.26. The van der Waals surface area contributed by atoms with Gasteiger partial charge in [0.25, 0.3) is 5.91 Å². The highest BCUT2D eigenvalue weighted by Crippen LogP contribution is 2.23. The van der Waals surface area contributed by atoms with Gasteiger partial charge in [-0.2, -0.15) is 0 Å². The number of rotatable bonds is 2. The number of carbonyl (C=O) groups excluding carboxylic acids is 1. The predicted molar refractivity (Wildman–Crippen MR) is 104 cm³/mol. The molecule has 0 aliphatic carbocycles. The molecule has 0 atom stereocenters. The maximum atomic E-state index is 12.3. The van der Waals surface area contributed by atoms with Gasteiger partial charge in [-0.1, -0.05) is 59.6 Å². The van der Waals surface area contributed by atoms with Crippen LogP contribution in [0.4, 0.5) is 5.69 Å². The Balaban J connectivity index is 1.76. The monoisotopic (exact) mass is 374 g/mol. The van der Waals surface area contributed by atoms with Crippen LogP contribution in [0.15, 0.2) is 60.7 Å². The third-order valence-corrected chi connectivity index (χ3v) is 4.19. The molecule has 0 aromatic heterocycles. The van der Waals surface area contributed by atoms with Gasteiger partial charge in [0.2, 0.25) is 0 Å². The number of fused-ring (bicyclic) bond motifs is 1. The van der Waals surface area contributed by atoms with Gasteiger partial charge in [-0.15, -0.1) is 0 Å². The van der Waals surface area contributed by atoms with Crippen molar-refractivity contribution in [3.63, 3.8) is 0 Å². The fourth-order valence-electron chi connectivity index (χ4n) is 2.33. The summed E-state index contributed by atoms with van der Waals surface area (Å²) in [4.78, 5) is 12.3. The number of nitrogens with one attached hydrogen (secondary N) is 2. The summed E-state index contributed by atoms with van der Waals surface area (Å²) in [6, 6.07) is 18.4. The number of halogens is 2. The Hall–Kier alpha value is -2.14. The second kappa shape index (κ2) is 7.18. The van der Waals surface area contributed by atoms with Crippen LogP contribution in [0.2, 0.25) is 10.0 Å². The molecule has 3 aromatic rings. The molecule has 0 unspecified atom stereocenters. The lowest BCUT2D eigenvalue weighted by molar-refractivity contribution is 0.0978. The molecule has 24 heavy (non-hydrogen) atoms. The van der Waals surface area contributed by atoms with Gasteiger partial charge in [-0.05, 0) is 41.9 Å². The van der Waals surface area contributed by atoms with Gasteiger partial charge >= 0.3 is 0 Å². The standard InChI is InChI=1S/C18H12Cl2N2OS/c19-12-8-9-14(15(20)10-12)17(23)22-18(24)21-16-7-3-5-11-4-1-2-6-13(11)16/h1-10H,(H2,21,22,23,24). The zero-order valence-corrected chi connectivity index (χ0v) is 14.7. The van der Waals surface area contributed by atoms with Crippen LogP contribution < -0.4 is 10.6 Å². The predicted octanol–water partition coefficient (Wildman–Crippen LogP) is 5.27. The molecule has 0 radical (unpaired) electrons. The van der Waals surface area contributed by atoms with E-state index in [1.54, 1.807) is 12.1 Å². The van der Waals surface area contributed by atoms with Crippen LogP contribution in [0.5, 0.6) is 0 Å². The quantitative estimate of drug-likeness (QED) is 0.600. The molecule has 3 aromatic carbocycles. The summed E-state index contributed by atoms with van der Waals surface area (Å²) in [5, 5.41) is 8.70. The van der Waals surface area contributed by atoms with Gasteiger partial charge in [0.15, 0.2) is 5.11 Å². The molecule has 3 rings (SSSR count). The summed E-state index contributed by atoms with van der Waals surface area (Å²) >= 11 is 17.1. The summed E-state index contributed by atoms with van der Waals surface area (Å²) in [6.07, 6.45) is 0. The molecule has 0 aliphatic rings. The lowest BCUT2D eigenvalue weighted by Crippen LogP contribution is -2.34. The minimum absolute atomic E-state index is 0.197. The molecule has 0 fully saturated rings. The van der Waals surface area contributed by atoms with Crippen LogP contribution >= 0.6 is 35.4 Å². The van der Waals surface area contributed by atoms with Crippen LogP contribution in [0.3, 0.4) is 0 Å². The normalized spacial score (nSPS) is 10.4. The van der Waals surface area contributed by atoms with E-state index in [4.69, 9.17) is 35.4 Å². The van der Waals surface area contributed by atoms with Crippen LogP contribution in [0.1, 0.15) is 10.4 Å². The Bertz CT molecular complexity index is 938. The number of anilines is 1. The van der Waals surface area contributed by atoms with E-state index in [2.05, 4.69) is 10.6 Å². The van der Waals surface area contributed by atoms with Crippen molar-refractivity contribution in [1.82, 2.24) is 5.32 Å². The molecular weight excluding hydrogens is 363 g/mol. The van der Waals surface area contributed by atoms with Crippen molar-refractivity contribution in [1.29, 1.82) is 0 Å². The van der Waals surface area contributed by atoms with E-state index >= 15 is 0 Å². The molecule has 6 heteroatoms. The average molecular weight is 375 g/mol. The Morgan fingerprint density at radius 3 is 2.50 bits per heavy atom. The smallest absolute Gasteiger partial charge is 0.258 e. The SMILES string of the molecule is O=C(NC(=S)Nc1cccc2ccccc12)c1ccc(Cl)cc1Cl. The van der Waals surface area contributed by atoms with E-state index in [1.165, 1.54) is 6.07 Å². The molecule has 0 saturated heterocycles. The maximum absolute atomic E-state index is 12.3. The van der Waals surface area contributed by atoms with Gasteiger partial charge in [0, 0.05) is 16.1 Å². The maximum Gasteiger partial charge on any atom is 0.258 e. The molecule has 0 heterocycles. The first kappa shape index (κ1) is 16.7. The van der Waals surface area contributed by atoms with Crippen molar-refractivity contribution in [2.45, 2.75) is 0 Å². The Morgan fingerprint density at radius 1 is 0.958 bits per heavy atom. The Morgan fingerprint density at radius 2 is 1.71 bits per heavy atom. The van der Waals surface area contributed by atoms with Crippen LogP contribution in [0, 0.1) is 0 Å². The molecule has 0 aliphatic heterocycles. The topological polar surface area (TPSA) is 41.1 Å². The van der Waals surface area contributed by atoms with E-state index in [0.29, 0.717) is 10.6 Å². The van der Waals surface area contributed by atoms with Gasteiger partial charge in [0.1, 0.15) is 0 Å². The zero-order chi connectivity index (χ0) is 17.1. The first-order chi connectivity index (χ1) is 11.5. The summed E-state index contributed by atoms with van der Waals surface area (Å²) < 4.78 is 0. The zero-order valence-electron chi connectivity index (χ0n) is 12.3. The van der Waals surface area contributed by atoms with Gasteiger partial charge in [0.05, 0.1) is 10.6 Å². The van der Waals surface area contributed by atoms with Gasteiger partial charge in [-0.3, -0.25) is 10.1 Å².